The molecule has 0 saturated carbocycles. The Bertz CT molecular complexity index is 596. The topological polar surface area (TPSA) is 12.0 Å². The predicted molar refractivity (Wildman–Crippen MR) is 83.6 cm³/mol. The van der Waals surface area contributed by atoms with Gasteiger partial charge in [0.2, 0.25) is 0 Å². The second-order valence-electron chi connectivity index (χ2n) is 4.95. The van der Waals surface area contributed by atoms with E-state index < -0.39 is 0 Å². The van der Waals surface area contributed by atoms with Gasteiger partial charge in [0.05, 0.1) is 0 Å². The highest BCUT2D eigenvalue weighted by molar-refractivity contribution is 6.30. The molecule has 0 aromatic heterocycles. The van der Waals surface area contributed by atoms with Crippen molar-refractivity contribution < 1.29 is 4.39 Å². The molecule has 0 atom stereocenters. The van der Waals surface area contributed by atoms with Crippen molar-refractivity contribution in [1.29, 1.82) is 0 Å². The third kappa shape index (κ3) is 3.59. The first-order valence-electron chi connectivity index (χ1n) is 6.87. The third-order valence-electron chi connectivity index (χ3n) is 3.28. The maximum absolute atomic E-state index is 14.1. The molecule has 0 heterocycles. The molecule has 2 aromatic rings. The maximum atomic E-state index is 14.1. The summed E-state index contributed by atoms with van der Waals surface area (Å²) in [4.78, 5) is 0. The van der Waals surface area contributed by atoms with Crippen molar-refractivity contribution in [1.82, 2.24) is 5.32 Å². The highest BCUT2D eigenvalue weighted by Crippen LogP contribution is 2.28. The lowest BCUT2D eigenvalue weighted by Gasteiger charge is -2.11. The zero-order valence-electron chi connectivity index (χ0n) is 11.8. The minimum atomic E-state index is -0.278. The van der Waals surface area contributed by atoms with Crippen molar-refractivity contribution >= 4 is 11.6 Å². The number of hydrogen-bond acceptors (Lipinski definition) is 1. The second kappa shape index (κ2) is 6.87. The summed E-state index contributed by atoms with van der Waals surface area (Å²) < 4.78 is 14.1. The first kappa shape index (κ1) is 15.0. The monoisotopic (exact) mass is 291 g/mol. The molecule has 106 valence electrons. The molecule has 0 bridgehead atoms. The average Bonchev–Trinajstić information content (AvgIpc) is 2.41. The summed E-state index contributed by atoms with van der Waals surface area (Å²) in [5.41, 5.74) is 3.75. The Labute approximate surface area is 124 Å². The van der Waals surface area contributed by atoms with Crippen LogP contribution in [0.4, 0.5) is 4.39 Å². The summed E-state index contributed by atoms with van der Waals surface area (Å²) in [6.45, 7) is 5.91. The maximum Gasteiger partial charge on any atom is 0.132 e. The summed E-state index contributed by atoms with van der Waals surface area (Å²) >= 11 is 5.81. The summed E-state index contributed by atoms with van der Waals surface area (Å²) in [6.07, 6.45) is 1.10. The molecule has 1 nitrogen and oxygen atoms in total. The lowest BCUT2D eigenvalue weighted by molar-refractivity contribution is 0.631. The minimum Gasteiger partial charge on any atom is -0.313 e. The van der Waals surface area contributed by atoms with Gasteiger partial charge in [-0.3, -0.25) is 0 Å². The van der Waals surface area contributed by atoms with E-state index in [0.717, 1.165) is 36.2 Å². The second-order valence-corrected chi connectivity index (χ2v) is 5.39. The van der Waals surface area contributed by atoms with E-state index in [-0.39, 0.29) is 5.82 Å². The van der Waals surface area contributed by atoms with Gasteiger partial charge in [0.1, 0.15) is 5.82 Å². The van der Waals surface area contributed by atoms with Crippen LogP contribution in [0.2, 0.25) is 5.02 Å². The van der Waals surface area contributed by atoms with Gasteiger partial charge in [0.15, 0.2) is 0 Å². The number of nitrogens with one attached hydrogen (secondary N) is 1. The van der Waals surface area contributed by atoms with Gasteiger partial charge in [0, 0.05) is 17.1 Å². The van der Waals surface area contributed by atoms with Crippen LogP contribution in [0.15, 0.2) is 36.4 Å². The molecule has 0 aliphatic carbocycles. The zero-order valence-corrected chi connectivity index (χ0v) is 12.6. The molecular weight excluding hydrogens is 273 g/mol. The quantitative estimate of drug-likeness (QED) is 0.768. The average molecular weight is 292 g/mol. The molecule has 0 radical (unpaired) electrons. The van der Waals surface area contributed by atoms with E-state index in [4.69, 9.17) is 11.6 Å². The van der Waals surface area contributed by atoms with Crippen molar-refractivity contribution in [2.75, 3.05) is 6.54 Å². The molecule has 3 heteroatoms. The highest BCUT2D eigenvalue weighted by atomic mass is 35.5. The van der Waals surface area contributed by atoms with Crippen molar-refractivity contribution in [2.24, 2.45) is 0 Å². The third-order valence-corrected chi connectivity index (χ3v) is 3.51. The Morgan fingerprint density at radius 1 is 1.10 bits per heavy atom. The number of benzene rings is 2. The molecule has 0 unspecified atom stereocenters. The molecule has 0 fully saturated rings. The lowest BCUT2D eigenvalue weighted by atomic mass is 9.97. The van der Waals surface area contributed by atoms with Crippen LogP contribution < -0.4 is 5.32 Å². The summed E-state index contributed by atoms with van der Waals surface area (Å²) in [7, 11) is 0. The fourth-order valence-electron chi connectivity index (χ4n) is 2.19. The molecule has 0 amide bonds. The number of rotatable bonds is 5. The Hall–Kier alpha value is -1.38. The molecule has 0 aliphatic heterocycles. The van der Waals surface area contributed by atoms with Gasteiger partial charge in [-0.1, -0.05) is 30.7 Å². The van der Waals surface area contributed by atoms with E-state index in [2.05, 4.69) is 18.3 Å². The van der Waals surface area contributed by atoms with Gasteiger partial charge in [-0.15, -0.1) is 0 Å². The largest absolute Gasteiger partial charge is 0.313 e. The van der Waals surface area contributed by atoms with Gasteiger partial charge in [-0.2, -0.15) is 0 Å². The van der Waals surface area contributed by atoms with E-state index in [0.29, 0.717) is 10.6 Å². The Kier molecular flexibility index (Phi) is 5.16. The van der Waals surface area contributed by atoms with Crippen molar-refractivity contribution in [3.8, 4) is 11.1 Å². The molecule has 2 aromatic carbocycles. The van der Waals surface area contributed by atoms with E-state index in [9.17, 15) is 4.39 Å². The molecule has 1 N–H and O–H groups in total. The normalized spacial score (nSPS) is 10.8. The van der Waals surface area contributed by atoms with E-state index >= 15 is 0 Å². The number of halogens is 2. The van der Waals surface area contributed by atoms with Crippen LogP contribution in [0.3, 0.4) is 0 Å². The summed E-state index contributed by atoms with van der Waals surface area (Å²) in [5.74, 6) is -0.278. The van der Waals surface area contributed by atoms with Gasteiger partial charge in [0.25, 0.3) is 0 Å². The molecule has 20 heavy (non-hydrogen) atoms. The number of aryl methyl sites for hydroxylation is 1. The molecule has 0 spiro atoms. The van der Waals surface area contributed by atoms with Gasteiger partial charge >= 0.3 is 0 Å². The van der Waals surface area contributed by atoms with Crippen molar-refractivity contribution in [3.63, 3.8) is 0 Å². The van der Waals surface area contributed by atoms with Gasteiger partial charge in [-0.05, 0) is 60.8 Å². The molecule has 0 aliphatic rings. The first-order chi connectivity index (χ1) is 9.61. The van der Waals surface area contributed by atoms with Gasteiger partial charge < -0.3 is 5.32 Å². The van der Waals surface area contributed by atoms with Crippen LogP contribution >= 0.6 is 11.6 Å². The minimum absolute atomic E-state index is 0.278. The van der Waals surface area contributed by atoms with E-state index in [1.165, 1.54) is 6.07 Å². The molecule has 2 rings (SSSR count). The van der Waals surface area contributed by atoms with Crippen LogP contribution in [-0.4, -0.2) is 6.54 Å². The molecular formula is C17H19ClFN. The lowest BCUT2D eigenvalue weighted by Crippen LogP contribution is -2.13. The van der Waals surface area contributed by atoms with Crippen LogP contribution in [0, 0.1) is 12.7 Å². The van der Waals surface area contributed by atoms with Crippen molar-refractivity contribution in [2.45, 2.75) is 26.8 Å². The highest BCUT2D eigenvalue weighted by Gasteiger charge is 2.09. The van der Waals surface area contributed by atoms with Crippen LogP contribution in [0.5, 0.6) is 0 Å². The standard InChI is InChI=1S/C17H19ClFN/c1-3-8-20-11-13-5-4-12(2)16(9-13)15-7-6-14(18)10-17(15)19/h4-7,9-10,20H,3,8,11H2,1-2H3. The first-order valence-corrected chi connectivity index (χ1v) is 7.25. The summed E-state index contributed by atoms with van der Waals surface area (Å²) in [6, 6.07) is 11.0. The Morgan fingerprint density at radius 2 is 1.90 bits per heavy atom. The zero-order chi connectivity index (χ0) is 14.5. The van der Waals surface area contributed by atoms with Crippen molar-refractivity contribution in [3.05, 3.63) is 58.4 Å². The van der Waals surface area contributed by atoms with E-state index in [1.807, 2.05) is 19.1 Å². The Balaban J connectivity index is 2.32. The predicted octanol–water partition coefficient (Wildman–Crippen LogP) is 4.95. The fourth-order valence-corrected chi connectivity index (χ4v) is 2.35. The smallest absolute Gasteiger partial charge is 0.132 e. The van der Waals surface area contributed by atoms with E-state index in [1.54, 1.807) is 12.1 Å². The van der Waals surface area contributed by atoms with Crippen LogP contribution in [-0.2, 0) is 6.54 Å². The summed E-state index contributed by atoms with van der Waals surface area (Å²) in [5, 5.41) is 3.78. The fraction of sp³-hybridized carbons (Fsp3) is 0.294. The number of hydrogen-bond donors (Lipinski definition) is 1. The Morgan fingerprint density at radius 3 is 2.60 bits per heavy atom. The van der Waals surface area contributed by atoms with Gasteiger partial charge in [-0.25, -0.2) is 4.39 Å². The SMILES string of the molecule is CCCNCc1ccc(C)c(-c2ccc(Cl)cc2F)c1. The molecule has 0 saturated heterocycles. The van der Waals surface area contributed by atoms with Crippen LogP contribution in [0.1, 0.15) is 24.5 Å². The van der Waals surface area contributed by atoms with Crippen LogP contribution in [0.25, 0.3) is 11.1 Å².